The summed E-state index contributed by atoms with van der Waals surface area (Å²) in [6.45, 7) is 4.42. The number of piperidine rings is 1. The number of hydrogen-bond donors (Lipinski definition) is 1. The molecule has 2 aromatic heterocycles. The number of hydrogen-bond acceptors (Lipinski definition) is 6. The molecule has 0 saturated carbocycles. The molecule has 8 heteroatoms. The van der Waals surface area contributed by atoms with E-state index >= 15 is 0 Å². The predicted octanol–water partition coefficient (Wildman–Crippen LogP) is 1.28. The molecule has 1 amide bonds. The third-order valence-electron chi connectivity index (χ3n) is 4.90. The molecule has 1 aliphatic heterocycles. The van der Waals surface area contributed by atoms with Crippen molar-refractivity contribution in [2.24, 2.45) is 5.92 Å². The number of allylic oxidation sites excluding steroid dienone is 1. The second-order valence-electron chi connectivity index (χ2n) is 6.29. The Balaban J connectivity index is 1.94. The molecule has 3 heterocycles. The van der Waals surface area contributed by atoms with Crippen LogP contribution < -0.4 is 4.90 Å². The van der Waals surface area contributed by atoms with E-state index in [0.29, 0.717) is 31.0 Å². The van der Waals surface area contributed by atoms with Gasteiger partial charge in [-0.25, -0.2) is 9.97 Å². The van der Waals surface area contributed by atoms with E-state index in [0.717, 1.165) is 5.39 Å². The first-order valence-corrected chi connectivity index (χ1v) is 8.38. The molecule has 134 valence electrons. The number of carbonyl (C=O) groups excluding carboxylic acids is 2. The Morgan fingerprint density at radius 2 is 2.35 bits per heavy atom. The van der Waals surface area contributed by atoms with Gasteiger partial charge in [0, 0.05) is 32.3 Å². The number of likely N-dealkylation sites (tertiary alicyclic amines) is 1. The zero-order chi connectivity index (χ0) is 18.7. The summed E-state index contributed by atoms with van der Waals surface area (Å²) in [6.07, 6.45) is 4.96. The maximum atomic E-state index is 12.4. The quantitative estimate of drug-likeness (QED) is 0.813. The maximum absolute atomic E-state index is 12.4. The molecule has 0 aromatic carbocycles. The number of amides is 1. The van der Waals surface area contributed by atoms with Crippen LogP contribution in [-0.2, 0) is 9.59 Å². The highest BCUT2D eigenvalue weighted by Crippen LogP contribution is 2.29. The summed E-state index contributed by atoms with van der Waals surface area (Å²) in [5.41, 5.74) is 0.710. The molecule has 0 spiro atoms. The lowest BCUT2D eigenvalue weighted by Crippen LogP contribution is -2.55. The van der Waals surface area contributed by atoms with Crippen LogP contribution in [0.15, 0.2) is 31.2 Å². The second kappa shape index (κ2) is 7.35. The fourth-order valence-corrected chi connectivity index (χ4v) is 3.51. The zero-order valence-electron chi connectivity index (χ0n) is 14.6. The molecule has 0 aliphatic carbocycles. The van der Waals surface area contributed by atoms with Crippen LogP contribution in [0, 0.1) is 17.2 Å². The predicted molar refractivity (Wildman–Crippen MR) is 96.2 cm³/mol. The number of likely N-dealkylation sites (N-methyl/N-ethyl adjacent to an activating group) is 1. The molecule has 1 fully saturated rings. The minimum absolute atomic E-state index is 0.0476. The van der Waals surface area contributed by atoms with Gasteiger partial charge in [-0.1, -0.05) is 6.58 Å². The Morgan fingerprint density at radius 3 is 3.08 bits per heavy atom. The van der Waals surface area contributed by atoms with E-state index < -0.39 is 0 Å². The topological polar surface area (TPSA) is 106 Å². The molecule has 1 N–H and O–H groups in total. The van der Waals surface area contributed by atoms with Gasteiger partial charge in [0.1, 0.15) is 24.2 Å². The van der Waals surface area contributed by atoms with Gasteiger partial charge >= 0.3 is 0 Å². The third kappa shape index (κ3) is 3.16. The van der Waals surface area contributed by atoms with Crippen LogP contribution in [0.5, 0.6) is 0 Å². The number of rotatable bonds is 5. The summed E-state index contributed by atoms with van der Waals surface area (Å²) >= 11 is 0. The number of nitrogens with zero attached hydrogens (tertiary/aromatic N) is 5. The number of aromatic nitrogens is 3. The van der Waals surface area contributed by atoms with Gasteiger partial charge in [-0.2, -0.15) is 5.26 Å². The standard InChI is InChI=1S/C18H20N6O2/c1-3-15(25)12-6-9-24(16(26)4-7-19)10-14(12)23(2)18-13-5-8-20-17(13)21-11-22-18/h3,5,8,11-12,14H,1,4,6,9-10H2,2H3,(H,20,21,22)/t12-,14+/m1/s1. The number of anilines is 1. The molecule has 0 bridgehead atoms. The maximum Gasteiger partial charge on any atom is 0.236 e. The fourth-order valence-electron chi connectivity index (χ4n) is 3.51. The SMILES string of the molecule is C=CC(=O)[C@@H]1CCN(C(=O)CC#N)C[C@@H]1N(C)c1ncnc2[nH]ccc12. The average Bonchev–Trinajstić information content (AvgIpc) is 3.15. The van der Waals surface area contributed by atoms with Crippen molar-refractivity contribution in [1.82, 2.24) is 19.9 Å². The molecule has 3 rings (SSSR count). The number of carbonyl (C=O) groups is 2. The summed E-state index contributed by atoms with van der Waals surface area (Å²) in [6, 6.07) is 3.52. The number of aromatic amines is 1. The van der Waals surface area contributed by atoms with Crippen LogP contribution in [0.1, 0.15) is 12.8 Å². The van der Waals surface area contributed by atoms with Crippen molar-refractivity contribution in [3.05, 3.63) is 31.2 Å². The molecule has 1 saturated heterocycles. The van der Waals surface area contributed by atoms with Crippen LogP contribution in [0.4, 0.5) is 5.82 Å². The minimum atomic E-state index is -0.285. The third-order valence-corrected chi connectivity index (χ3v) is 4.90. The normalized spacial score (nSPS) is 19.8. The zero-order valence-corrected chi connectivity index (χ0v) is 14.6. The largest absolute Gasteiger partial charge is 0.354 e. The van der Waals surface area contributed by atoms with Gasteiger partial charge in [-0.05, 0) is 18.6 Å². The van der Waals surface area contributed by atoms with E-state index in [1.54, 1.807) is 11.1 Å². The van der Waals surface area contributed by atoms with Crippen molar-refractivity contribution < 1.29 is 9.59 Å². The summed E-state index contributed by atoms with van der Waals surface area (Å²) in [7, 11) is 1.86. The van der Waals surface area contributed by atoms with E-state index in [2.05, 4.69) is 21.5 Å². The van der Waals surface area contributed by atoms with E-state index in [1.807, 2.05) is 24.1 Å². The molecule has 26 heavy (non-hydrogen) atoms. The Morgan fingerprint density at radius 1 is 1.54 bits per heavy atom. The number of H-pyrrole nitrogens is 1. The van der Waals surface area contributed by atoms with Gasteiger partial charge in [0.2, 0.25) is 5.91 Å². The van der Waals surface area contributed by atoms with Crippen molar-refractivity contribution in [2.75, 3.05) is 25.0 Å². The van der Waals surface area contributed by atoms with Crippen molar-refractivity contribution in [3.63, 3.8) is 0 Å². The van der Waals surface area contributed by atoms with Crippen LogP contribution in [0.25, 0.3) is 11.0 Å². The molecule has 1 aliphatic rings. The van der Waals surface area contributed by atoms with Crippen molar-refractivity contribution in [2.45, 2.75) is 18.9 Å². The van der Waals surface area contributed by atoms with Crippen molar-refractivity contribution >= 4 is 28.5 Å². The summed E-state index contributed by atoms with van der Waals surface area (Å²) in [5.74, 6) is 0.142. The van der Waals surface area contributed by atoms with E-state index in [4.69, 9.17) is 5.26 Å². The lowest BCUT2D eigenvalue weighted by molar-refractivity contribution is -0.133. The summed E-state index contributed by atoms with van der Waals surface area (Å²) in [4.78, 5) is 39.7. The number of nitriles is 1. The van der Waals surface area contributed by atoms with Gasteiger partial charge < -0.3 is 14.8 Å². The Kier molecular flexibility index (Phi) is 4.98. The van der Waals surface area contributed by atoms with Gasteiger partial charge in [0.25, 0.3) is 0 Å². The molecule has 0 radical (unpaired) electrons. The number of fused-ring (bicyclic) bond motifs is 1. The first kappa shape index (κ1) is 17.6. The highest BCUT2D eigenvalue weighted by molar-refractivity contribution is 5.93. The average molecular weight is 352 g/mol. The van der Waals surface area contributed by atoms with E-state index in [-0.39, 0.29) is 30.1 Å². The molecule has 8 nitrogen and oxygen atoms in total. The van der Waals surface area contributed by atoms with Gasteiger partial charge in [0.15, 0.2) is 5.78 Å². The van der Waals surface area contributed by atoms with E-state index in [1.165, 1.54) is 12.4 Å². The van der Waals surface area contributed by atoms with Crippen molar-refractivity contribution in [1.29, 1.82) is 5.26 Å². The van der Waals surface area contributed by atoms with Crippen LogP contribution in [-0.4, -0.2) is 57.7 Å². The molecule has 2 aromatic rings. The molecular weight excluding hydrogens is 332 g/mol. The smallest absolute Gasteiger partial charge is 0.236 e. The second-order valence-corrected chi connectivity index (χ2v) is 6.29. The first-order valence-electron chi connectivity index (χ1n) is 8.38. The van der Waals surface area contributed by atoms with Crippen LogP contribution >= 0.6 is 0 Å². The van der Waals surface area contributed by atoms with E-state index in [9.17, 15) is 9.59 Å². The number of ketones is 1. The summed E-state index contributed by atoms with van der Waals surface area (Å²) < 4.78 is 0. The highest BCUT2D eigenvalue weighted by atomic mass is 16.2. The van der Waals surface area contributed by atoms with Crippen LogP contribution in [0.2, 0.25) is 0 Å². The van der Waals surface area contributed by atoms with Crippen LogP contribution in [0.3, 0.4) is 0 Å². The fraction of sp³-hybridized carbons (Fsp3) is 0.389. The number of nitrogens with one attached hydrogen (secondary N) is 1. The Bertz CT molecular complexity index is 883. The molecule has 2 atom stereocenters. The first-order chi connectivity index (χ1) is 12.6. The highest BCUT2D eigenvalue weighted by Gasteiger charge is 2.37. The lowest BCUT2D eigenvalue weighted by Gasteiger charge is -2.42. The Labute approximate surface area is 151 Å². The lowest BCUT2D eigenvalue weighted by atomic mass is 9.86. The molecular formula is C18H20N6O2. The van der Waals surface area contributed by atoms with Gasteiger partial charge in [0.05, 0.1) is 17.5 Å². The van der Waals surface area contributed by atoms with Crippen molar-refractivity contribution in [3.8, 4) is 6.07 Å². The molecule has 0 unspecified atom stereocenters. The summed E-state index contributed by atoms with van der Waals surface area (Å²) in [5, 5.41) is 9.65. The van der Waals surface area contributed by atoms with Gasteiger partial charge in [-0.15, -0.1) is 0 Å². The minimum Gasteiger partial charge on any atom is -0.354 e. The monoisotopic (exact) mass is 352 g/mol. The van der Waals surface area contributed by atoms with Gasteiger partial charge in [-0.3, -0.25) is 9.59 Å². The Hall–Kier alpha value is -3.21.